The summed E-state index contributed by atoms with van der Waals surface area (Å²) < 4.78 is 5.60. The Balaban J connectivity index is 1.70. The molecule has 27 heavy (non-hydrogen) atoms. The number of fused-ring (bicyclic) bond motifs is 1. The van der Waals surface area contributed by atoms with E-state index in [1.807, 2.05) is 66.7 Å². The molecule has 0 radical (unpaired) electrons. The van der Waals surface area contributed by atoms with Crippen LogP contribution in [0.1, 0.15) is 5.56 Å². The minimum Gasteiger partial charge on any atom is -0.480 e. The topological polar surface area (TPSA) is 62.7 Å². The van der Waals surface area contributed by atoms with Gasteiger partial charge < -0.3 is 10.1 Å². The van der Waals surface area contributed by atoms with Crippen molar-refractivity contribution >= 4 is 28.6 Å². The van der Waals surface area contributed by atoms with Gasteiger partial charge in [0, 0.05) is 11.3 Å². The zero-order chi connectivity index (χ0) is 18.9. The molecule has 0 saturated heterocycles. The molecular weight excluding hydrogens is 338 g/mol. The molecule has 0 unspecified atom stereocenters. The Hall–Kier alpha value is -3.78. The van der Waals surface area contributed by atoms with E-state index in [9.17, 15) is 4.79 Å². The molecule has 134 valence electrons. The van der Waals surface area contributed by atoms with Gasteiger partial charge in [0.2, 0.25) is 0 Å². The average molecular weight is 357 g/mol. The molecule has 0 fully saturated rings. The summed E-state index contributed by atoms with van der Waals surface area (Å²) in [7, 11) is 0. The zero-order valence-corrected chi connectivity index (χ0v) is 14.7. The number of hydrogen-bond donors (Lipinski definition) is 2. The SMILES string of the molecule is C#CCOc1ccc2ccccc2c1/C=N/NC(=O)CNc1ccccc1. The Morgan fingerprint density at radius 1 is 1.07 bits per heavy atom. The smallest absolute Gasteiger partial charge is 0.259 e. The van der Waals surface area contributed by atoms with Crippen LogP contribution >= 0.6 is 0 Å². The highest BCUT2D eigenvalue weighted by molar-refractivity contribution is 6.02. The Labute approximate surface area is 158 Å². The number of ether oxygens (including phenoxy) is 1. The van der Waals surface area contributed by atoms with E-state index in [1.165, 1.54) is 0 Å². The van der Waals surface area contributed by atoms with E-state index in [2.05, 4.69) is 21.8 Å². The first-order valence-corrected chi connectivity index (χ1v) is 8.47. The van der Waals surface area contributed by atoms with E-state index in [4.69, 9.17) is 11.2 Å². The van der Waals surface area contributed by atoms with Crippen LogP contribution in [0.3, 0.4) is 0 Å². The molecule has 5 nitrogen and oxygen atoms in total. The van der Waals surface area contributed by atoms with Gasteiger partial charge in [0.15, 0.2) is 0 Å². The second-order valence-electron chi connectivity index (χ2n) is 5.70. The van der Waals surface area contributed by atoms with Gasteiger partial charge in [0.25, 0.3) is 5.91 Å². The van der Waals surface area contributed by atoms with Gasteiger partial charge in [-0.15, -0.1) is 6.42 Å². The lowest BCUT2D eigenvalue weighted by Gasteiger charge is -2.10. The fraction of sp³-hybridized carbons (Fsp3) is 0.0909. The molecule has 1 amide bonds. The zero-order valence-electron chi connectivity index (χ0n) is 14.7. The van der Waals surface area contributed by atoms with Crippen LogP contribution in [-0.4, -0.2) is 25.3 Å². The fourth-order valence-corrected chi connectivity index (χ4v) is 2.60. The summed E-state index contributed by atoms with van der Waals surface area (Å²) in [5.41, 5.74) is 4.16. The number of terminal acetylenes is 1. The molecule has 0 atom stereocenters. The van der Waals surface area contributed by atoms with Crippen molar-refractivity contribution in [1.82, 2.24) is 5.43 Å². The van der Waals surface area contributed by atoms with E-state index in [0.29, 0.717) is 5.75 Å². The standard InChI is InChI=1S/C22H19N3O2/c1-2-14-27-21-13-12-17-8-6-7-11-19(17)20(21)15-24-25-22(26)16-23-18-9-4-3-5-10-18/h1,3-13,15,23H,14,16H2,(H,25,26)/b24-15+. The highest BCUT2D eigenvalue weighted by Gasteiger charge is 2.07. The number of para-hydroxylation sites is 1. The summed E-state index contributed by atoms with van der Waals surface area (Å²) in [6, 6.07) is 21.2. The number of nitrogens with zero attached hydrogens (tertiary/aromatic N) is 1. The van der Waals surface area contributed by atoms with Crippen molar-refractivity contribution in [3.8, 4) is 18.1 Å². The van der Waals surface area contributed by atoms with Gasteiger partial charge in [0.1, 0.15) is 12.4 Å². The summed E-state index contributed by atoms with van der Waals surface area (Å²) in [5.74, 6) is 2.82. The number of rotatable bonds is 7. The number of nitrogens with one attached hydrogen (secondary N) is 2. The molecular formula is C22H19N3O2. The lowest BCUT2D eigenvalue weighted by atomic mass is 10.0. The summed E-state index contributed by atoms with van der Waals surface area (Å²) in [6.07, 6.45) is 6.87. The first-order valence-electron chi connectivity index (χ1n) is 8.47. The lowest BCUT2D eigenvalue weighted by Crippen LogP contribution is -2.25. The predicted molar refractivity (Wildman–Crippen MR) is 109 cm³/mol. The van der Waals surface area contributed by atoms with Gasteiger partial charge in [-0.1, -0.05) is 54.5 Å². The molecule has 2 N–H and O–H groups in total. The van der Waals surface area contributed by atoms with Gasteiger partial charge in [-0.05, 0) is 29.0 Å². The van der Waals surface area contributed by atoms with E-state index >= 15 is 0 Å². The quantitative estimate of drug-likeness (QED) is 0.387. The van der Waals surface area contributed by atoms with Crippen molar-refractivity contribution in [2.45, 2.75) is 0 Å². The number of carbonyl (C=O) groups is 1. The van der Waals surface area contributed by atoms with Crippen LogP contribution in [0.15, 0.2) is 71.8 Å². The average Bonchev–Trinajstić information content (AvgIpc) is 2.72. The number of carbonyl (C=O) groups excluding carboxylic acids is 1. The molecule has 0 aliphatic rings. The maximum Gasteiger partial charge on any atom is 0.259 e. The molecule has 0 saturated carbocycles. The number of anilines is 1. The van der Waals surface area contributed by atoms with Crippen molar-refractivity contribution in [3.05, 3.63) is 72.3 Å². The number of hydrazone groups is 1. The molecule has 0 bridgehead atoms. The van der Waals surface area contributed by atoms with Crippen molar-refractivity contribution in [2.75, 3.05) is 18.5 Å². The second-order valence-corrected chi connectivity index (χ2v) is 5.70. The maximum absolute atomic E-state index is 12.0. The Morgan fingerprint density at radius 3 is 2.67 bits per heavy atom. The monoisotopic (exact) mass is 357 g/mol. The summed E-state index contributed by atoms with van der Waals surface area (Å²) in [4.78, 5) is 12.0. The van der Waals surface area contributed by atoms with Crippen molar-refractivity contribution in [2.24, 2.45) is 5.10 Å². The van der Waals surface area contributed by atoms with E-state index in [0.717, 1.165) is 22.0 Å². The van der Waals surface area contributed by atoms with Crippen LogP contribution in [0.4, 0.5) is 5.69 Å². The Morgan fingerprint density at radius 2 is 1.85 bits per heavy atom. The third-order valence-corrected chi connectivity index (χ3v) is 3.85. The van der Waals surface area contributed by atoms with E-state index < -0.39 is 0 Å². The minimum atomic E-state index is -0.249. The maximum atomic E-state index is 12.0. The normalized spacial score (nSPS) is 10.5. The molecule has 5 heteroatoms. The van der Waals surface area contributed by atoms with E-state index in [-0.39, 0.29) is 19.1 Å². The highest BCUT2D eigenvalue weighted by Crippen LogP contribution is 2.26. The van der Waals surface area contributed by atoms with Crippen LogP contribution < -0.4 is 15.5 Å². The Kier molecular flexibility index (Phi) is 6.05. The van der Waals surface area contributed by atoms with E-state index in [1.54, 1.807) is 6.21 Å². The second kappa shape index (κ2) is 9.07. The number of hydrogen-bond acceptors (Lipinski definition) is 4. The van der Waals surface area contributed by atoms with Crippen LogP contribution in [0.25, 0.3) is 10.8 Å². The van der Waals surface area contributed by atoms with Crippen LogP contribution in [0, 0.1) is 12.3 Å². The first-order chi connectivity index (χ1) is 13.3. The van der Waals surface area contributed by atoms with Gasteiger partial charge in [0.05, 0.1) is 12.8 Å². The van der Waals surface area contributed by atoms with Crippen molar-refractivity contribution in [1.29, 1.82) is 0 Å². The highest BCUT2D eigenvalue weighted by atomic mass is 16.5. The number of benzene rings is 3. The molecule has 3 rings (SSSR count). The van der Waals surface area contributed by atoms with Gasteiger partial charge in [-0.3, -0.25) is 4.79 Å². The lowest BCUT2D eigenvalue weighted by molar-refractivity contribution is -0.119. The predicted octanol–water partition coefficient (Wildman–Crippen LogP) is 3.41. The third kappa shape index (κ3) is 4.86. The van der Waals surface area contributed by atoms with Gasteiger partial charge in [-0.25, -0.2) is 5.43 Å². The molecule has 3 aromatic rings. The van der Waals surface area contributed by atoms with Crippen molar-refractivity contribution in [3.63, 3.8) is 0 Å². The molecule has 3 aromatic carbocycles. The van der Waals surface area contributed by atoms with Crippen LogP contribution in [-0.2, 0) is 4.79 Å². The summed E-state index contributed by atoms with van der Waals surface area (Å²) >= 11 is 0. The largest absolute Gasteiger partial charge is 0.480 e. The Bertz CT molecular complexity index is 991. The van der Waals surface area contributed by atoms with Crippen LogP contribution in [0.5, 0.6) is 5.75 Å². The minimum absolute atomic E-state index is 0.122. The van der Waals surface area contributed by atoms with Gasteiger partial charge in [-0.2, -0.15) is 5.10 Å². The molecule has 0 aliphatic heterocycles. The van der Waals surface area contributed by atoms with Crippen LogP contribution in [0.2, 0.25) is 0 Å². The molecule has 0 aromatic heterocycles. The third-order valence-electron chi connectivity index (χ3n) is 3.85. The molecule has 0 heterocycles. The van der Waals surface area contributed by atoms with Gasteiger partial charge >= 0.3 is 0 Å². The molecule has 0 aliphatic carbocycles. The number of amides is 1. The first kappa shape index (κ1) is 18.0. The van der Waals surface area contributed by atoms with Crippen molar-refractivity contribution < 1.29 is 9.53 Å². The summed E-state index contributed by atoms with van der Waals surface area (Å²) in [6.45, 7) is 0.282. The molecule has 0 spiro atoms. The summed E-state index contributed by atoms with van der Waals surface area (Å²) in [5, 5.41) is 9.12. The fourth-order valence-electron chi connectivity index (χ4n) is 2.60.